The van der Waals surface area contributed by atoms with Gasteiger partial charge in [-0.1, -0.05) is 41.4 Å². The van der Waals surface area contributed by atoms with Crippen molar-refractivity contribution in [2.24, 2.45) is 0 Å². The Hall–Kier alpha value is -2.57. The van der Waals surface area contributed by atoms with Gasteiger partial charge in [0.15, 0.2) is 0 Å². The highest BCUT2D eigenvalue weighted by Crippen LogP contribution is 2.21. The summed E-state index contributed by atoms with van der Waals surface area (Å²) in [5.41, 5.74) is 1.76. The molecule has 0 spiro atoms. The molecule has 6 nitrogen and oxygen atoms in total. The van der Waals surface area contributed by atoms with Gasteiger partial charge in [0.2, 0.25) is 11.8 Å². The lowest BCUT2D eigenvalue weighted by atomic mass is 10.1. The molecule has 0 aromatic heterocycles. The van der Waals surface area contributed by atoms with Crippen LogP contribution >= 0.6 is 23.2 Å². The van der Waals surface area contributed by atoms with Crippen LogP contribution in [0.5, 0.6) is 0 Å². The van der Waals surface area contributed by atoms with E-state index >= 15 is 0 Å². The van der Waals surface area contributed by atoms with Crippen molar-refractivity contribution in [1.29, 1.82) is 0 Å². The van der Waals surface area contributed by atoms with E-state index in [9.17, 15) is 14.4 Å². The number of fused-ring (bicyclic) bond motifs is 1. The highest BCUT2D eigenvalue weighted by molar-refractivity contribution is 6.35. The molecule has 0 radical (unpaired) electrons. The number of hydrogen-bond donors (Lipinski definition) is 3. The molecule has 146 valence electrons. The van der Waals surface area contributed by atoms with Crippen molar-refractivity contribution in [3.8, 4) is 0 Å². The number of benzene rings is 2. The molecule has 0 saturated carbocycles. The summed E-state index contributed by atoms with van der Waals surface area (Å²) in [5, 5.41) is 9.31. The van der Waals surface area contributed by atoms with Gasteiger partial charge in [-0.05, 0) is 42.7 Å². The quantitative estimate of drug-likeness (QED) is 0.671. The largest absolute Gasteiger partial charge is 0.356 e. The summed E-state index contributed by atoms with van der Waals surface area (Å²) in [6.45, 7) is 0.412. The third-order valence-electron chi connectivity index (χ3n) is 4.44. The Morgan fingerprint density at radius 1 is 1.11 bits per heavy atom. The summed E-state index contributed by atoms with van der Waals surface area (Å²) in [5.74, 6) is -0.871. The first-order valence-electron chi connectivity index (χ1n) is 8.85. The predicted molar refractivity (Wildman–Crippen MR) is 109 cm³/mol. The van der Waals surface area contributed by atoms with Gasteiger partial charge in [0.05, 0.1) is 11.3 Å². The summed E-state index contributed by atoms with van der Waals surface area (Å²) in [6.07, 6.45) is 0.889. The van der Waals surface area contributed by atoms with Crippen LogP contribution in [0.2, 0.25) is 10.0 Å². The maximum Gasteiger partial charge on any atom is 0.254 e. The second-order valence-corrected chi connectivity index (χ2v) is 7.28. The van der Waals surface area contributed by atoms with Gasteiger partial charge in [-0.25, -0.2) is 0 Å². The Labute approximate surface area is 172 Å². The molecule has 1 atom stereocenters. The number of carbonyl (C=O) groups excluding carboxylic acids is 3. The van der Waals surface area contributed by atoms with E-state index in [0.717, 1.165) is 5.56 Å². The lowest BCUT2D eigenvalue weighted by Gasteiger charge is -2.14. The monoisotopic (exact) mass is 419 g/mol. The van der Waals surface area contributed by atoms with Crippen molar-refractivity contribution in [3.05, 3.63) is 63.6 Å². The Morgan fingerprint density at radius 3 is 2.68 bits per heavy atom. The minimum atomic E-state index is -0.767. The zero-order valence-corrected chi connectivity index (χ0v) is 16.4. The molecule has 3 N–H and O–H groups in total. The van der Waals surface area contributed by atoms with E-state index in [1.165, 1.54) is 0 Å². The third kappa shape index (κ3) is 5.03. The third-order valence-corrected chi connectivity index (χ3v) is 5.03. The first kappa shape index (κ1) is 20.2. The number of hydrogen-bond acceptors (Lipinski definition) is 3. The van der Waals surface area contributed by atoms with Crippen LogP contribution < -0.4 is 16.0 Å². The number of anilines is 1. The van der Waals surface area contributed by atoms with Crippen LogP contribution in [-0.2, 0) is 16.0 Å². The predicted octanol–water partition coefficient (Wildman–Crippen LogP) is 3.18. The van der Waals surface area contributed by atoms with Crippen molar-refractivity contribution in [3.63, 3.8) is 0 Å². The molecule has 28 heavy (non-hydrogen) atoms. The SMILES string of the molecule is O=C(CC[C@@H]1NC(=O)c2ccccc2NC1=O)NCCc1ccc(Cl)cc1Cl. The first-order chi connectivity index (χ1) is 13.4. The Morgan fingerprint density at radius 2 is 1.89 bits per heavy atom. The molecule has 3 rings (SSSR count). The Kier molecular flexibility index (Phi) is 6.54. The summed E-state index contributed by atoms with van der Waals surface area (Å²) in [7, 11) is 0. The van der Waals surface area contributed by atoms with Crippen LogP contribution in [-0.4, -0.2) is 30.3 Å². The molecule has 1 heterocycles. The summed E-state index contributed by atoms with van der Waals surface area (Å²) in [4.78, 5) is 36.7. The summed E-state index contributed by atoms with van der Waals surface area (Å²) in [6, 6.07) is 11.2. The van der Waals surface area contributed by atoms with Crippen molar-refractivity contribution < 1.29 is 14.4 Å². The summed E-state index contributed by atoms with van der Waals surface area (Å²) < 4.78 is 0. The molecule has 2 aromatic rings. The molecule has 1 aliphatic rings. The second kappa shape index (κ2) is 9.08. The Bertz CT molecular complexity index is 917. The lowest BCUT2D eigenvalue weighted by molar-refractivity contribution is -0.121. The molecule has 0 aliphatic carbocycles. The molecular formula is C20H19Cl2N3O3. The van der Waals surface area contributed by atoms with Gasteiger partial charge in [0.25, 0.3) is 5.91 Å². The minimum absolute atomic E-state index is 0.114. The second-order valence-electron chi connectivity index (χ2n) is 6.44. The number of nitrogens with one attached hydrogen (secondary N) is 3. The number of halogens is 2. The van der Waals surface area contributed by atoms with Gasteiger partial charge < -0.3 is 16.0 Å². The van der Waals surface area contributed by atoms with E-state index in [4.69, 9.17) is 23.2 Å². The smallest absolute Gasteiger partial charge is 0.254 e. The van der Waals surface area contributed by atoms with Crippen molar-refractivity contribution in [2.75, 3.05) is 11.9 Å². The van der Waals surface area contributed by atoms with Gasteiger partial charge >= 0.3 is 0 Å². The van der Waals surface area contributed by atoms with Crippen molar-refractivity contribution in [2.45, 2.75) is 25.3 Å². The molecule has 3 amide bonds. The Balaban J connectivity index is 1.48. The normalized spacial score (nSPS) is 15.9. The zero-order chi connectivity index (χ0) is 20.1. The van der Waals surface area contributed by atoms with Gasteiger partial charge in [0.1, 0.15) is 6.04 Å². The molecule has 1 aliphatic heterocycles. The van der Waals surface area contributed by atoms with E-state index in [2.05, 4.69) is 16.0 Å². The van der Waals surface area contributed by atoms with Gasteiger partial charge in [0, 0.05) is 23.0 Å². The van der Waals surface area contributed by atoms with Crippen LogP contribution in [0, 0.1) is 0 Å². The van der Waals surface area contributed by atoms with E-state index in [1.807, 2.05) is 6.07 Å². The van der Waals surface area contributed by atoms with Crippen LogP contribution in [0.4, 0.5) is 5.69 Å². The fraction of sp³-hybridized carbons (Fsp3) is 0.250. The number of carbonyl (C=O) groups is 3. The van der Waals surface area contributed by atoms with Crippen LogP contribution in [0.25, 0.3) is 0 Å². The number of rotatable bonds is 6. The van der Waals surface area contributed by atoms with E-state index in [0.29, 0.717) is 34.3 Å². The van der Waals surface area contributed by atoms with E-state index < -0.39 is 6.04 Å². The maximum absolute atomic E-state index is 12.3. The zero-order valence-electron chi connectivity index (χ0n) is 14.9. The number of amides is 3. The highest BCUT2D eigenvalue weighted by atomic mass is 35.5. The van der Waals surface area contributed by atoms with Crippen LogP contribution in [0.3, 0.4) is 0 Å². The average Bonchev–Trinajstić information content (AvgIpc) is 2.78. The number of para-hydroxylation sites is 1. The van der Waals surface area contributed by atoms with Crippen LogP contribution in [0.1, 0.15) is 28.8 Å². The molecule has 0 fully saturated rings. The molecule has 0 unspecified atom stereocenters. The molecular weight excluding hydrogens is 401 g/mol. The van der Waals surface area contributed by atoms with Gasteiger partial charge in [-0.15, -0.1) is 0 Å². The topological polar surface area (TPSA) is 87.3 Å². The standard InChI is InChI=1S/C20H19Cl2N3O3/c21-13-6-5-12(15(22)11-13)9-10-23-18(26)8-7-17-20(28)24-16-4-2-1-3-14(16)19(27)25-17/h1-6,11,17H,7-10H2,(H,23,26)(H,24,28)(H,25,27)/t17-/m0/s1. The van der Waals surface area contributed by atoms with E-state index in [1.54, 1.807) is 36.4 Å². The minimum Gasteiger partial charge on any atom is -0.356 e. The maximum atomic E-state index is 12.3. The van der Waals surface area contributed by atoms with Gasteiger partial charge in [-0.2, -0.15) is 0 Å². The first-order valence-corrected chi connectivity index (χ1v) is 9.61. The molecule has 0 saturated heterocycles. The highest BCUT2D eigenvalue weighted by Gasteiger charge is 2.27. The molecule has 2 aromatic carbocycles. The molecule has 8 heteroatoms. The lowest BCUT2D eigenvalue weighted by Crippen LogP contribution is -2.42. The van der Waals surface area contributed by atoms with Crippen LogP contribution in [0.15, 0.2) is 42.5 Å². The van der Waals surface area contributed by atoms with Crippen molar-refractivity contribution in [1.82, 2.24) is 10.6 Å². The fourth-order valence-electron chi connectivity index (χ4n) is 2.94. The van der Waals surface area contributed by atoms with Gasteiger partial charge in [-0.3, -0.25) is 14.4 Å². The fourth-order valence-corrected chi connectivity index (χ4v) is 3.44. The van der Waals surface area contributed by atoms with Crippen molar-refractivity contribution >= 4 is 46.6 Å². The average molecular weight is 420 g/mol. The summed E-state index contributed by atoms with van der Waals surface area (Å²) >= 11 is 12.0. The van der Waals surface area contributed by atoms with E-state index in [-0.39, 0.29) is 30.6 Å². The molecule has 0 bridgehead atoms.